The largest absolute Gasteiger partial charge is 0.496 e. The molecule has 1 fully saturated rings. The number of aromatic nitrogens is 1. The van der Waals surface area contributed by atoms with Crippen LogP contribution < -0.4 is 10.5 Å². The number of hydrogen-bond donors (Lipinski definition) is 1. The molecule has 146 valence electrons. The number of carbonyl (C=O) groups is 2. The summed E-state index contributed by atoms with van der Waals surface area (Å²) in [6.07, 6.45) is 0. The highest BCUT2D eigenvalue weighted by atomic mass is 35.5. The molecule has 1 aliphatic rings. The first kappa shape index (κ1) is 21.1. The van der Waals surface area contributed by atoms with E-state index in [4.69, 9.17) is 10.5 Å². The number of methoxy groups -OCH3 is 1. The second-order valence-electron chi connectivity index (χ2n) is 6.10. The number of rotatable bonds is 4. The van der Waals surface area contributed by atoms with Gasteiger partial charge >= 0.3 is 0 Å². The molecule has 9 heteroatoms. The molecule has 2 heterocycles. The summed E-state index contributed by atoms with van der Waals surface area (Å²) < 4.78 is 5.29. The van der Waals surface area contributed by atoms with E-state index in [1.807, 2.05) is 13.0 Å². The van der Waals surface area contributed by atoms with Crippen LogP contribution in [0.4, 0.5) is 0 Å². The van der Waals surface area contributed by atoms with Crippen molar-refractivity contribution >= 4 is 35.6 Å². The minimum Gasteiger partial charge on any atom is -0.496 e. The Hall–Kier alpha value is -2.16. The van der Waals surface area contributed by atoms with Gasteiger partial charge < -0.3 is 20.3 Å². The predicted molar refractivity (Wildman–Crippen MR) is 107 cm³/mol. The number of benzene rings is 1. The highest BCUT2D eigenvalue weighted by Crippen LogP contribution is 2.21. The van der Waals surface area contributed by atoms with Crippen LogP contribution in [0.3, 0.4) is 0 Å². The fourth-order valence-corrected chi connectivity index (χ4v) is 3.56. The highest BCUT2D eigenvalue weighted by Gasteiger charge is 2.26. The molecule has 2 amide bonds. The summed E-state index contributed by atoms with van der Waals surface area (Å²) in [5, 5.41) is 2.48. The quantitative estimate of drug-likeness (QED) is 0.832. The zero-order valence-corrected chi connectivity index (χ0v) is 16.9. The van der Waals surface area contributed by atoms with Gasteiger partial charge in [-0.25, -0.2) is 4.98 Å². The Bertz CT molecular complexity index is 819. The van der Waals surface area contributed by atoms with E-state index in [1.165, 1.54) is 11.3 Å². The first-order valence-electron chi connectivity index (χ1n) is 8.41. The average Bonchev–Trinajstić information content (AvgIpc) is 3.16. The molecule has 27 heavy (non-hydrogen) atoms. The molecule has 1 aromatic carbocycles. The third kappa shape index (κ3) is 4.58. The number of hydrogen-bond acceptors (Lipinski definition) is 6. The Kier molecular flexibility index (Phi) is 7.18. The normalized spacial score (nSPS) is 13.9. The van der Waals surface area contributed by atoms with E-state index in [-0.39, 0.29) is 24.2 Å². The van der Waals surface area contributed by atoms with E-state index in [0.29, 0.717) is 49.7 Å². The molecule has 0 radical (unpaired) electrons. The second-order valence-corrected chi connectivity index (χ2v) is 7.04. The van der Waals surface area contributed by atoms with Crippen LogP contribution in [-0.2, 0) is 6.54 Å². The zero-order chi connectivity index (χ0) is 18.7. The molecule has 0 unspecified atom stereocenters. The Morgan fingerprint density at radius 2 is 1.81 bits per heavy atom. The second kappa shape index (κ2) is 9.16. The van der Waals surface area contributed by atoms with Crippen molar-refractivity contribution in [3.8, 4) is 5.75 Å². The van der Waals surface area contributed by atoms with Crippen molar-refractivity contribution in [3.05, 3.63) is 45.4 Å². The molecule has 3 rings (SSSR count). The molecule has 0 atom stereocenters. The van der Waals surface area contributed by atoms with Crippen molar-refractivity contribution in [1.82, 2.24) is 14.8 Å². The summed E-state index contributed by atoms with van der Waals surface area (Å²) in [6, 6.07) is 5.45. The number of piperazine rings is 1. The average molecular weight is 411 g/mol. The van der Waals surface area contributed by atoms with Gasteiger partial charge in [0.05, 0.1) is 7.11 Å². The van der Waals surface area contributed by atoms with Crippen molar-refractivity contribution in [3.63, 3.8) is 0 Å². The van der Waals surface area contributed by atoms with Gasteiger partial charge in [-0.15, -0.1) is 23.7 Å². The van der Waals surface area contributed by atoms with E-state index in [1.54, 1.807) is 34.4 Å². The van der Waals surface area contributed by atoms with Crippen LogP contribution in [-0.4, -0.2) is 59.9 Å². The van der Waals surface area contributed by atoms with Gasteiger partial charge in [0.15, 0.2) is 0 Å². The van der Waals surface area contributed by atoms with Crippen LogP contribution in [0.15, 0.2) is 23.6 Å². The summed E-state index contributed by atoms with van der Waals surface area (Å²) in [5.41, 5.74) is 7.56. The molecule has 0 aliphatic carbocycles. The van der Waals surface area contributed by atoms with Gasteiger partial charge in [-0.2, -0.15) is 0 Å². The number of aryl methyl sites for hydroxylation is 1. The number of ether oxygens (including phenoxy) is 1. The van der Waals surface area contributed by atoms with Gasteiger partial charge in [-0.05, 0) is 24.6 Å². The van der Waals surface area contributed by atoms with Crippen molar-refractivity contribution in [2.45, 2.75) is 13.5 Å². The Labute approximate surface area is 168 Å². The lowest BCUT2D eigenvalue weighted by atomic mass is 10.1. The maximum atomic E-state index is 12.7. The monoisotopic (exact) mass is 410 g/mol. The molecular weight excluding hydrogens is 388 g/mol. The first-order chi connectivity index (χ1) is 12.5. The van der Waals surface area contributed by atoms with E-state index < -0.39 is 0 Å². The number of amides is 2. The molecule has 2 N–H and O–H groups in total. The number of carbonyl (C=O) groups excluding carboxylic acids is 2. The van der Waals surface area contributed by atoms with Crippen molar-refractivity contribution < 1.29 is 14.3 Å². The fraction of sp³-hybridized carbons (Fsp3) is 0.389. The third-order valence-electron chi connectivity index (χ3n) is 4.45. The Morgan fingerprint density at radius 3 is 2.37 bits per heavy atom. The maximum absolute atomic E-state index is 12.7. The van der Waals surface area contributed by atoms with Gasteiger partial charge in [0.1, 0.15) is 16.5 Å². The summed E-state index contributed by atoms with van der Waals surface area (Å²) in [6.45, 7) is 4.24. The smallest absolute Gasteiger partial charge is 0.273 e. The number of thiazole rings is 1. The van der Waals surface area contributed by atoms with Gasteiger partial charge in [0, 0.05) is 43.7 Å². The molecule has 1 aliphatic heterocycles. The molecule has 2 aromatic rings. The van der Waals surface area contributed by atoms with Gasteiger partial charge in [-0.1, -0.05) is 6.07 Å². The summed E-state index contributed by atoms with van der Waals surface area (Å²) in [4.78, 5) is 33.0. The van der Waals surface area contributed by atoms with Crippen LogP contribution in [0.1, 0.15) is 31.4 Å². The van der Waals surface area contributed by atoms with E-state index in [9.17, 15) is 9.59 Å². The van der Waals surface area contributed by atoms with Gasteiger partial charge in [-0.3, -0.25) is 9.59 Å². The topological polar surface area (TPSA) is 88.8 Å². The molecule has 1 aromatic heterocycles. The summed E-state index contributed by atoms with van der Waals surface area (Å²) >= 11 is 1.39. The first-order valence-corrected chi connectivity index (χ1v) is 9.29. The van der Waals surface area contributed by atoms with Crippen LogP contribution in [0, 0.1) is 6.92 Å². The van der Waals surface area contributed by atoms with E-state index in [0.717, 1.165) is 10.6 Å². The van der Waals surface area contributed by atoms with Crippen molar-refractivity contribution in [2.24, 2.45) is 5.73 Å². The Balaban J connectivity index is 0.00000261. The molecule has 0 spiro atoms. The highest BCUT2D eigenvalue weighted by molar-refractivity contribution is 7.09. The fourth-order valence-electron chi connectivity index (χ4n) is 2.91. The van der Waals surface area contributed by atoms with Gasteiger partial charge in [0.2, 0.25) is 0 Å². The number of nitrogens with two attached hydrogens (primary N) is 1. The van der Waals surface area contributed by atoms with Crippen molar-refractivity contribution in [2.75, 3.05) is 33.3 Å². The lowest BCUT2D eigenvalue weighted by molar-refractivity contribution is 0.0532. The van der Waals surface area contributed by atoms with Gasteiger partial charge in [0.25, 0.3) is 11.8 Å². The SMILES string of the molecule is COc1cc(C(=O)N2CCN(C(=O)c3csc(CN)n3)CC2)ccc1C.Cl. The summed E-state index contributed by atoms with van der Waals surface area (Å²) in [5.74, 6) is 0.545. The van der Waals surface area contributed by atoms with Crippen LogP contribution in [0.2, 0.25) is 0 Å². The molecule has 0 saturated carbocycles. The van der Waals surface area contributed by atoms with E-state index in [2.05, 4.69) is 4.98 Å². The molecule has 0 bridgehead atoms. The van der Waals surface area contributed by atoms with Crippen LogP contribution >= 0.6 is 23.7 Å². The lowest BCUT2D eigenvalue weighted by Crippen LogP contribution is -2.50. The predicted octanol–water partition coefficient (Wildman–Crippen LogP) is 1.94. The van der Waals surface area contributed by atoms with Crippen LogP contribution in [0.5, 0.6) is 5.75 Å². The standard InChI is InChI=1S/C18H22N4O3S.ClH/c1-12-3-4-13(9-15(12)25-2)17(23)21-5-7-22(8-6-21)18(24)14-11-26-16(10-19)20-14;/h3-4,9,11H,5-8,10,19H2,1-2H3;1H. The van der Waals surface area contributed by atoms with Crippen molar-refractivity contribution in [1.29, 1.82) is 0 Å². The molecular formula is C18H23ClN4O3S. The van der Waals surface area contributed by atoms with Crippen LogP contribution in [0.25, 0.3) is 0 Å². The third-order valence-corrected chi connectivity index (χ3v) is 5.33. The minimum absolute atomic E-state index is 0. The lowest BCUT2D eigenvalue weighted by Gasteiger charge is -2.34. The minimum atomic E-state index is -0.106. The number of halogens is 1. The molecule has 7 nitrogen and oxygen atoms in total. The summed E-state index contributed by atoms with van der Waals surface area (Å²) in [7, 11) is 1.59. The number of nitrogens with zero attached hydrogens (tertiary/aromatic N) is 3. The maximum Gasteiger partial charge on any atom is 0.273 e. The van der Waals surface area contributed by atoms with E-state index >= 15 is 0 Å². The Morgan fingerprint density at radius 1 is 1.19 bits per heavy atom. The molecule has 1 saturated heterocycles. The zero-order valence-electron chi connectivity index (χ0n) is 15.3.